The van der Waals surface area contributed by atoms with Gasteiger partial charge in [0.1, 0.15) is 22.6 Å². The normalized spacial score (nSPS) is 9.37. The molecule has 0 unspecified atom stereocenters. The van der Waals surface area contributed by atoms with Crippen LogP contribution in [0, 0.1) is 29.7 Å². The van der Waals surface area contributed by atoms with Crippen LogP contribution in [0.4, 0.5) is 0 Å². The Hall–Kier alpha value is 0.0278. The van der Waals surface area contributed by atoms with E-state index in [2.05, 4.69) is 106 Å². The van der Waals surface area contributed by atoms with Gasteiger partial charge in [-0.25, -0.2) is 0 Å². The van der Waals surface area contributed by atoms with Gasteiger partial charge in [0, 0.05) is 76.5 Å². The Bertz CT molecular complexity index is 1480. The molecule has 1 aliphatic rings. The summed E-state index contributed by atoms with van der Waals surface area (Å²) in [5.74, 6) is 1.88. The molecule has 0 saturated carbocycles. The van der Waals surface area contributed by atoms with Crippen LogP contribution < -0.4 is 10.2 Å². The van der Waals surface area contributed by atoms with Gasteiger partial charge in [-0.05, 0) is 48.9 Å². The third kappa shape index (κ3) is 13.7. The van der Waals surface area contributed by atoms with Gasteiger partial charge in [-0.2, -0.15) is 0 Å². The third-order valence-electron chi connectivity index (χ3n) is 5.35. The zero-order chi connectivity index (χ0) is 26.8. The van der Waals surface area contributed by atoms with E-state index < -0.39 is 0 Å². The predicted octanol–water partition coefficient (Wildman–Crippen LogP) is 12.4. The van der Waals surface area contributed by atoms with Gasteiger partial charge in [-0.15, -0.1) is 13.2 Å². The summed E-state index contributed by atoms with van der Waals surface area (Å²) in [7, 11) is 0. The largest absolute Gasteiger partial charge is 0.456 e. The first-order chi connectivity index (χ1) is 18.0. The van der Waals surface area contributed by atoms with Gasteiger partial charge in [-0.3, -0.25) is 4.79 Å². The molecule has 6 rings (SSSR count). The van der Waals surface area contributed by atoms with E-state index in [1.54, 1.807) is 12.1 Å². The van der Waals surface area contributed by atoms with Crippen molar-refractivity contribution in [3.63, 3.8) is 0 Å². The summed E-state index contributed by atoms with van der Waals surface area (Å²) in [5.41, 5.74) is 4.90. The molecule has 226 valence electrons. The van der Waals surface area contributed by atoms with Gasteiger partial charge in [-0.1, -0.05) is 135 Å². The summed E-state index contributed by atoms with van der Waals surface area (Å²) in [4.78, 5) is 12.0. The van der Waals surface area contributed by atoms with Crippen molar-refractivity contribution in [3.05, 3.63) is 167 Å². The molecule has 43 heavy (non-hydrogen) atoms. The van der Waals surface area contributed by atoms with Crippen molar-refractivity contribution in [2.75, 3.05) is 0 Å². The van der Waals surface area contributed by atoms with Crippen molar-refractivity contribution >= 4 is 95.3 Å². The van der Waals surface area contributed by atoms with Crippen LogP contribution in [0.3, 0.4) is 0 Å². The maximum Gasteiger partial charge on any atom is 0.200 e. The molecular formula is C35H37I3O3Y2-4. The molecule has 2 heterocycles. The average Bonchev–Trinajstić information content (AvgIpc) is 2.93. The maximum absolute atomic E-state index is 12.0. The fourth-order valence-electron chi connectivity index (χ4n) is 3.88. The summed E-state index contributed by atoms with van der Waals surface area (Å²) >= 11 is 6.95. The van der Waals surface area contributed by atoms with E-state index in [0.29, 0.717) is 21.9 Å². The first kappa shape index (κ1) is 49.9. The molecule has 0 aliphatic carbocycles. The molecule has 1 aromatic heterocycles. The SMILES string of the molecule is C=C.CC=C1c2ccccc2Oc2ccccc21.IC(I)I.O=c1c2ccccc2oc2ccccc12.[CH3-].[CH3-].[CH3-].[CH3-].[Y].[Y]. The van der Waals surface area contributed by atoms with Gasteiger partial charge < -0.3 is 38.9 Å². The standard InChI is InChI=1S/C15H12O.C13H8O2.C2H4.CHI3.4CH3.2Y/c1-2-11-12-7-3-5-9-14(12)16-15-10-6-4-8-13(11)15;14-13-9-5-1-3-7-11(9)15-12-8-4-2-6-10(12)13;1-2;2-1(3)4;;;;;;/h2-10H,1H3;1-8H;1-2H2;1H;4*1H3;;/q;;;;4*-1;;. The maximum atomic E-state index is 12.0. The zero-order valence-electron chi connectivity index (χ0n) is 25.3. The molecule has 8 heteroatoms. The molecule has 3 nitrogen and oxygen atoms in total. The van der Waals surface area contributed by atoms with E-state index in [-0.39, 0.29) is 101 Å². The number of benzene rings is 4. The minimum atomic E-state index is 0. The molecular weight excluding hydrogens is 1030 g/mol. The average molecular weight is 1060 g/mol. The summed E-state index contributed by atoms with van der Waals surface area (Å²) in [6, 6.07) is 30.9. The molecule has 0 saturated heterocycles. The topological polar surface area (TPSA) is 39.4 Å². The molecule has 0 amide bonds. The monoisotopic (exact) mass is 1060 g/mol. The Morgan fingerprint density at radius 3 is 1.33 bits per heavy atom. The summed E-state index contributed by atoms with van der Waals surface area (Å²) in [5, 5.41) is 1.27. The summed E-state index contributed by atoms with van der Waals surface area (Å²) in [6.07, 6.45) is 2.14. The van der Waals surface area contributed by atoms with E-state index in [1.807, 2.05) is 72.8 Å². The van der Waals surface area contributed by atoms with Crippen LogP contribution in [0.1, 0.15) is 18.1 Å². The van der Waals surface area contributed by atoms with Crippen LogP contribution in [0.5, 0.6) is 11.5 Å². The van der Waals surface area contributed by atoms with Crippen molar-refractivity contribution in [3.8, 4) is 11.5 Å². The second kappa shape index (κ2) is 26.1. The molecule has 5 aromatic rings. The Morgan fingerprint density at radius 2 is 0.953 bits per heavy atom. The number of halogens is 3. The Labute approximate surface area is 350 Å². The van der Waals surface area contributed by atoms with Crippen LogP contribution in [0.2, 0.25) is 0 Å². The number of fused-ring (bicyclic) bond motifs is 4. The van der Waals surface area contributed by atoms with Crippen molar-refractivity contribution in [1.82, 2.24) is 0 Å². The number of hydrogen-bond acceptors (Lipinski definition) is 3. The van der Waals surface area contributed by atoms with Gasteiger partial charge in [0.2, 0.25) is 5.43 Å². The number of rotatable bonds is 0. The molecule has 2 radical (unpaired) electrons. The molecule has 4 aromatic carbocycles. The molecule has 0 spiro atoms. The number of para-hydroxylation sites is 4. The summed E-state index contributed by atoms with van der Waals surface area (Å²) < 4.78 is 12.2. The van der Waals surface area contributed by atoms with Gasteiger partial charge in [0.25, 0.3) is 0 Å². The van der Waals surface area contributed by atoms with Crippen LogP contribution >= 0.6 is 67.8 Å². The predicted molar refractivity (Wildman–Crippen MR) is 208 cm³/mol. The number of allylic oxidation sites excluding steroid dienone is 1. The molecule has 0 fully saturated rings. The van der Waals surface area contributed by atoms with Crippen molar-refractivity contribution in [2.45, 2.75) is 6.86 Å². The number of hydrogen-bond donors (Lipinski definition) is 0. The van der Waals surface area contributed by atoms with E-state index >= 15 is 0 Å². The van der Waals surface area contributed by atoms with Crippen LogP contribution in [0.25, 0.3) is 27.5 Å². The van der Waals surface area contributed by atoms with Crippen molar-refractivity contribution in [2.24, 2.45) is 0 Å². The van der Waals surface area contributed by atoms with Crippen molar-refractivity contribution in [1.29, 1.82) is 0 Å². The summed E-state index contributed by atoms with van der Waals surface area (Å²) in [6.45, 7) is 8.06. The van der Waals surface area contributed by atoms with Gasteiger partial charge >= 0.3 is 0 Å². The third-order valence-corrected chi connectivity index (χ3v) is 5.35. The molecule has 0 bridgehead atoms. The fourth-order valence-corrected chi connectivity index (χ4v) is 3.88. The quantitative estimate of drug-likeness (QED) is 0.0500. The first-order valence-corrected chi connectivity index (χ1v) is 15.1. The van der Waals surface area contributed by atoms with E-state index in [4.69, 9.17) is 9.15 Å². The minimum Gasteiger partial charge on any atom is -0.456 e. The molecule has 1 aliphatic heterocycles. The van der Waals surface area contributed by atoms with E-state index in [0.717, 1.165) is 11.4 Å². The molecule has 0 N–H and O–H groups in total. The van der Waals surface area contributed by atoms with Gasteiger partial charge in [0.15, 0.2) is 0 Å². The number of ether oxygens (including phenoxy) is 1. The smallest absolute Gasteiger partial charge is 0.200 e. The van der Waals surface area contributed by atoms with Gasteiger partial charge in [0.05, 0.1) is 10.8 Å². The second-order valence-corrected chi connectivity index (χ2v) is 18.4. The van der Waals surface area contributed by atoms with Crippen LogP contribution in [-0.4, -0.2) is -0.0619 Å². The Morgan fingerprint density at radius 1 is 0.628 bits per heavy atom. The first-order valence-electron chi connectivity index (χ1n) is 11.4. The Kier molecular flexibility index (Phi) is 30.3. The molecule has 0 atom stereocenters. The van der Waals surface area contributed by atoms with Crippen LogP contribution in [0.15, 0.2) is 126 Å². The van der Waals surface area contributed by atoms with Crippen LogP contribution in [-0.2, 0) is 65.4 Å². The minimum absolute atomic E-state index is 0. The fraction of sp³-hybridized carbons (Fsp3) is 0.0571. The van der Waals surface area contributed by atoms with E-state index in [9.17, 15) is 4.79 Å². The zero-order valence-corrected chi connectivity index (χ0v) is 37.5. The van der Waals surface area contributed by atoms with E-state index in [1.165, 1.54) is 16.7 Å². The van der Waals surface area contributed by atoms with Crippen molar-refractivity contribution < 1.29 is 74.6 Å². The second-order valence-electron chi connectivity index (χ2n) is 7.47. The number of alkyl halides is 3. The Balaban J connectivity index is -0.000000268.